The SMILES string of the molecule is CC1CCCN(c2ccc(C(=O)Nc3ccc(S(=O)(=O)N4CCCC4)cc3)cc2[N+](=O)[O-])C1. The molecule has 0 aromatic heterocycles. The monoisotopic (exact) mass is 472 g/mol. The number of rotatable bonds is 6. The van der Waals surface area contributed by atoms with Crippen molar-refractivity contribution in [3.63, 3.8) is 0 Å². The summed E-state index contributed by atoms with van der Waals surface area (Å²) in [4.78, 5) is 26.2. The maximum absolute atomic E-state index is 12.7. The molecule has 0 bridgehead atoms. The Morgan fingerprint density at radius 2 is 1.76 bits per heavy atom. The van der Waals surface area contributed by atoms with Gasteiger partial charge in [-0.15, -0.1) is 0 Å². The first kappa shape index (κ1) is 23.2. The third-order valence-corrected chi connectivity index (χ3v) is 8.16. The van der Waals surface area contributed by atoms with Crippen molar-refractivity contribution >= 4 is 33.0 Å². The van der Waals surface area contributed by atoms with Crippen LogP contribution in [0.1, 0.15) is 43.0 Å². The van der Waals surface area contributed by atoms with Gasteiger partial charge in [-0.3, -0.25) is 14.9 Å². The van der Waals surface area contributed by atoms with Gasteiger partial charge in [0.2, 0.25) is 10.0 Å². The lowest BCUT2D eigenvalue weighted by Crippen LogP contribution is -2.34. The number of nitro groups is 1. The number of piperidine rings is 1. The van der Waals surface area contributed by atoms with Crippen LogP contribution in [0.15, 0.2) is 47.4 Å². The fourth-order valence-corrected chi connectivity index (χ4v) is 5.99. The zero-order valence-electron chi connectivity index (χ0n) is 18.6. The maximum Gasteiger partial charge on any atom is 0.293 e. The van der Waals surface area contributed by atoms with Crippen molar-refractivity contribution < 1.29 is 18.1 Å². The van der Waals surface area contributed by atoms with E-state index in [9.17, 15) is 23.3 Å². The predicted molar refractivity (Wildman–Crippen MR) is 126 cm³/mol. The topological polar surface area (TPSA) is 113 Å². The standard InChI is InChI=1S/C23H28N4O5S/c1-17-5-4-12-25(16-17)21-11-6-18(15-22(21)27(29)30)23(28)24-19-7-9-20(10-8-19)33(31,32)26-13-2-3-14-26/h6-11,15,17H,2-5,12-14,16H2,1H3,(H,24,28). The van der Waals surface area contributed by atoms with Crippen LogP contribution in [0.4, 0.5) is 17.1 Å². The first-order chi connectivity index (χ1) is 15.8. The van der Waals surface area contributed by atoms with Crippen molar-refractivity contribution in [3.05, 3.63) is 58.1 Å². The van der Waals surface area contributed by atoms with Gasteiger partial charge in [0.15, 0.2) is 0 Å². The Kier molecular flexibility index (Phi) is 6.66. The minimum atomic E-state index is -3.53. The molecule has 2 saturated heterocycles. The molecular formula is C23H28N4O5S. The molecule has 33 heavy (non-hydrogen) atoms. The zero-order chi connectivity index (χ0) is 23.6. The highest BCUT2D eigenvalue weighted by Crippen LogP contribution is 2.32. The molecule has 0 aliphatic carbocycles. The molecule has 2 aliphatic rings. The van der Waals surface area contributed by atoms with E-state index in [2.05, 4.69) is 12.2 Å². The number of carbonyl (C=O) groups excluding carboxylic acids is 1. The van der Waals surface area contributed by atoms with Gasteiger partial charge in [0.05, 0.1) is 9.82 Å². The van der Waals surface area contributed by atoms with Crippen LogP contribution in [-0.2, 0) is 10.0 Å². The number of benzene rings is 2. The van der Waals surface area contributed by atoms with Crippen LogP contribution in [-0.4, -0.2) is 49.7 Å². The van der Waals surface area contributed by atoms with Crippen LogP contribution in [0, 0.1) is 16.0 Å². The number of amides is 1. The number of hydrogen-bond donors (Lipinski definition) is 1. The van der Waals surface area contributed by atoms with Crippen LogP contribution >= 0.6 is 0 Å². The van der Waals surface area contributed by atoms with Crippen molar-refractivity contribution in [2.24, 2.45) is 5.92 Å². The fraction of sp³-hybridized carbons (Fsp3) is 0.435. The van der Waals surface area contributed by atoms with Crippen LogP contribution in [0.25, 0.3) is 0 Å². The number of nitro benzene ring substituents is 1. The van der Waals surface area contributed by atoms with Gasteiger partial charge in [-0.25, -0.2) is 8.42 Å². The fourth-order valence-electron chi connectivity index (χ4n) is 4.48. The van der Waals surface area contributed by atoms with Gasteiger partial charge < -0.3 is 10.2 Å². The summed E-state index contributed by atoms with van der Waals surface area (Å²) in [6, 6.07) is 10.5. The second-order valence-electron chi connectivity index (χ2n) is 8.74. The van der Waals surface area contributed by atoms with E-state index in [1.165, 1.54) is 34.6 Å². The molecule has 4 rings (SSSR count). The quantitative estimate of drug-likeness (QED) is 0.504. The number of nitrogens with zero attached hydrogens (tertiary/aromatic N) is 3. The summed E-state index contributed by atoms with van der Waals surface area (Å²) in [6.45, 7) is 4.67. The molecule has 9 nitrogen and oxygen atoms in total. The Bertz CT molecular complexity index is 1140. The van der Waals surface area contributed by atoms with Gasteiger partial charge in [-0.05, 0) is 68.0 Å². The van der Waals surface area contributed by atoms with Gasteiger partial charge in [0, 0.05) is 43.5 Å². The third-order valence-electron chi connectivity index (χ3n) is 6.25. The highest BCUT2D eigenvalue weighted by molar-refractivity contribution is 7.89. The molecule has 1 N–H and O–H groups in total. The normalized spacial score (nSPS) is 19.4. The molecule has 0 saturated carbocycles. The lowest BCUT2D eigenvalue weighted by molar-refractivity contribution is -0.384. The highest BCUT2D eigenvalue weighted by Gasteiger charge is 2.27. The highest BCUT2D eigenvalue weighted by atomic mass is 32.2. The van der Waals surface area contributed by atoms with E-state index in [4.69, 9.17) is 0 Å². The molecule has 2 fully saturated rings. The van der Waals surface area contributed by atoms with Gasteiger partial charge in [-0.2, -0.15) is 4.31 Å². The molecule has 1 amide bonds. The van der Waals surface area contributed by atoms with E-state index in [0.717, 1.165) is 38.8 Å². The number of anilines is 2. The van der Waals surface area contributed by atoms with Gasteiger partial charge in [-0.1, -0.05) is 6.92 Å². The molecule has 1 unspecified atom stereocenters. The molecule has 176 valence electrons. The van der Waals surface area contributed by atoms with Gasteiger partial charge in [0.25, 0.3) is 11.6 Å². The molecule has 2 aromatic rings. The summed E-state index contributed by atoms with van der Waals surface area (Å²) in [6.07, 6.45) is 3.79. The Morgan fingerprint density at radius 1 is 1.06 bits per heavy atom. The molecular weight excluding hydrogens is 444 g/mol. The minimum absolute atomic E-state index is 0.0937. The second-order valence-corrected chi connectivity index (χ2v) is 10.7. The second kappa shape index (κ2) is 9.48. The van der Waals surface area contributed by atoms with Crippen molar-refractivity contribution in [2.75, 3.05) is 36.4 Å². The third kappa shape index (κ3) is 5.01. The Morgan fingerprint density at radius 3 is 2.39 bits per heavy atom. The lowest BCUT2D eigenvalue weighted by Gasteiger charge is -2.32. The van der Waals surface area contributed by atoms with Crippen molar-refractivity contribution in [2.45, 2.75) is 37.5 Å². The van der Waals surface area contributed by atoms with E-state index in [-0.39, 0.29) is 16.1 Å². The van der Waals surface area contributed by atoms with E-state index >= 15 is 0 Å². The summed E-state index contributed by atoms with van der Waals surface area (Å²) >= 11 is 0. The van der Waals surface area contributed by atoms with Crippen molar-refractivity contribution in [3.8, 4) is 0 Å². The van der Waals surface area contributed by atoms with Crippen molar-refractivity contribution in [1.82, 2.24) is 4.31 Å². The van der Waals surface area contributed by atoms with E-state index in [1.807, 2.05) is 4.90 Å². The molecule has 0 spiro atoms. The van der Waals surface area contributed by atoms with Gasteiger partial charge in [0.1, 0.15) is 5.69 Å². The molecule has 1 atom stereocenters. The Balaban J connectivity index is 1.50. The van der Waals surface area contributed by atoms with E-state index in [0.29, 0.717) is 30.4 Å². The molecule has 0 radical (unpaired) electrons. The lowest BCUT2D eigenvalue weighted by atomic mass is 9.99. The van der Waals surface area contributed by atoms with E-state index < -0.39 is 20.9 Å². The number of hydrogen-bond acceptors (Lipinski definition) is 6. The number of carbonyl (C=O) groups is 1. The minimum Gasteiger partial charge on any atom is -0.366 e. The molecule has 2 aromatic carbocycles. The first-order valence-corrected chi connectivity index (χ1v) is 12.6. The molecule has 10 heteroatoms. The first-order valence-electron chi connectivity index (χ1n) is 11.2. The molecule has 2 aliphatic heterocycles. The smallest absolute Gasteiger partial charge is 0.293 e. The Hall–Kier alpha value is -2.98. The van der Waals surface area contributed by atoms with Crippen LogP contribution in [0.5, 0.6) is 0 Å². The summed E-state index contributed by atoms with van der Waals surface area (Å²) < 4.78 is 26.8. The summed E-state index contributed by atoms with van der Waals surface area (Å²) in [7, 11) is -3.53. The zero-order valence-corrected chi connectivity index (χ0v) is 19.4. The summed E-state index contributed by atoms with van der Waals surface area (Å²) in [5, 5.41) is 14.4. The number of sulfonamides is 1. The molecule has 2 heterocycles. The number of nitrogens with one attached hydrogen (secondary N) is 1. The summed E-state index contributed by atoms with van der Waals surface area (Å²) in [5.41, 5.74) is 1.02. The van der Waals surface area contributed by atoms with Crippen LogP contribution < -0.4 is 10.2 Å². The van der Waals surface area contributed by atoms with Crippen molar-refractivity contribution in [1.29, 1.82) is 0 Å². The maximum atomic E-state index is 12.7. The summed E-state index contributed by atoms with van der Waals surface area (Å²) in [5.74, 6) is -0.0367. The average Bonchev–Trinajstić information content (AvgIpc) is 3.35. The Labute approximate surface area is 193 Å². The largest absolute Gasteiger partial charge is 0.366 e. The van der Waals surface area contributed by atoms with Crippen LogP contribution in [0.2, 0.25) is 0 Å². The average molecular weight is 473 g/mol. The van der Waals surface area contributed by atoms with Crippen LogP contribution in [0.3, 0.4) is 0 Å². The predicted octanol–water partition coefficient (Wildman–Crippen LogP) is 3.87. The van der Waals surface area contributed by atoms with Gasteiger partial charge >= 0.3 is 0 Å². The van der Waals surface area contributed by atoms with E-state index in [1.54, 1.807) is 12.1 Å².